The molecule has 2 aromatic rings. The van der Waals surface area contributed by atoms with Crippen molar-refractivity contribution in [2.45, 2.75) is 32.5 Å². The molecule has 0 radical (unpaired) electrons. The standard InChI is InChI=1S/C17H15F3N2O3/c1-9-14-11(6-4-7-12(14)23)21-15(9)16(24)22-10-5-2-3-8-13(10)25-17(18,19)20/h2-3,5,8,21H,4,6-7H2,1H3,(H,22,24). The van der Waals surface area contributed by atoms with E-state index in [0.29, 0.717) is 36.1 Å². The van der Waals surface area contributed by atoms with Gasteiger partial charge in [-0.1, -0.05) is 12.1 Å². The van der Waals surface area contributed by atoms with E-state index in [9.17, 15) is 22.8 Å². The molecule has 0 fully saturated rings. The summed E-state index contributed by atoms with van der Waals surface area (Å²) in [6, 6.07) is 5.27. The zero-order valence-electron chi connectivity index (χ0n) is 13.3. The number of aromatic nitrogens is 1. The minimum Gasteiger partial charge on any atom is -0.404 e. The first-order valence-electron chi connectivity index (χ1n) is 7.67. The van der Waals surface area contributed by atoms with E-state index in [1.807, 2.05) is 0 Å². The molecule has 1 aliphatic rings. The number of carbonyl (C=O) groups is 2. The fraction of sp³-hybridized carbons (Fsp3) is 0.294. The number of nitrogens with one attached hydrogen (secondary N) is 2. The lowest BCUT2D eigenvalue weighted by molar-refractivity contribution is -0.274. The van der Waals surface area contributed by atoms with Gasteiger partial charge in [0.2, 0.25) is 0 Å². The molecule has 1 aliphatic carbocycles. The number of aromatic amines is 1. The van der Waals surface area contributed by atoms with Crippen LogP contribution in [0.25, 0.3) is 0 Å². The highest BCUT2D eigenvalue weighted by Crippen LogP contribution is 2.31. The minimum absolute atomic E-state index is 0.0325. The molecule has 5 nitrogen and oxygen atoms in total. The zero-order chi connectivity index (χ0) is 18.2. The first kappa shape index (κ1) is 17.1. The van der Waals surface area contributed by atoms with Crippen molar-refractivity contribution in [2.75, 3.05) is 5.32 Å². The van der Waals surface area contributed by atoms with Crippen LogP contribution in [-0.2, 0) is 6.42 Å². The summed E-state index contributed by atoms with van der Waals surface area (Å²) in [5.41, 5.74) is 1.77. The van der Waals surface area contributed by atoms with Gasteiger partial charge in [0, 0.05) is 17.7 Å². The SMILES string of the molecule is Cc1c(C(=O)Nc2ccccc2OC(F)(F)F)[nH]c2c1C(=O)CCC2. The van der Waals surface area contributed by atoms with Crippen LogP contribution >= 0.6 is 0 Å². The maximum absolute atomic E-state index is 12.5. The summed E-state index contributed by atoms with van der Waals surface area (Å²) >= 11 is 0. The molecule has 0 saturated heterocycles. The topological polar surface area (TPSA) is 71.2 Å². The average Bonchev–Trinajstić information content (AvgIpc) is 2.86. The molecule has 0 aliphatic heterocycles. The molecule has 1 aromatic heterocycles. The van der Waals surface area contributed by atoms with Gasteiger partial charge in [0.25, 0.3) is 5.91 Å². The van der Waals surface area contributed by atoms with Crippen molar-refractivity contribution in [2.24, 2.45) is 0 Å². The number of hydrogen-bond acceptors (Lipinski definition) is 3. The maximum Gasteiger partial charge on any atom is 0.573 e. The van der Waals surface area contributed by atoms with Crippen LogP contribution in [0.5, 0.6) is 5.75 Å². The highest BCUT2D eigenvalue weighted by Gasteiger charge is 2.32. The van der Waals surface area contributed by atoms with Gasteiger partial charge in [-0.3, -0.25) is 9.59 Å². The molecule has 0 atom stereocenters. The Morgan fingerprint density at radius 2 is 1.96 bits per heavy atom. The van der Waals surface area contributed by atoms with Crippen LogP contribution in [0.1, 0.15) is 44.9 Å². The number of ether oxygens (including phenoxy) is 1. The van der Waals surface area contributed by atoms with E-state index < -0.39 is 18.0 Å². The largest absolute Gasteiger partial charge is 0.573 e. The molecular weight excluding hydrogens is 337 g/mol. The van der Waals surface area contributed by atoms with Crippen molar-refractivity contribution in [3.05, 3.63) is 46.8 Å². The molecular formula is C17H15F3N2O3. The average molecular weight is 352 g/mol. The molecule has 0 unspecified atom stereocenters. The highest BCUT2D eigenvalue weighted by molar-refractivity contribution is 6.08. The number of rotatable bonds is 3. The van der Waals surface area contributed by atoms with E-state index in [0.717, 1.165) is 6.07 Å². The predicted molar refractivity (Wildman–Crippen MR) is 83.9 cm³/mol. The second-order valence-corrected chi connectivity index (χ2v) is 5.75. The monoisotopic (exact) mass is 352 g/mol. The molecule has 1 heterocycles. The Bertz CT molecular complexity index is 840. The summed E-state index contributed by atoms with van der Waals surface area (Å²) in [6.45, 7) is 1.64. The van der Waals surface area contributed by atoms with Crippen LogP contribution in [0.4, 0.5) is 18.9 Å². The van der Waals surface area contributed by atoms with Crippen molar-refractivity contribution in [1.82, 2.24) is 4.98 Å². The minimum atomic E-state index is -4.87. The van der Waals surface area contributed by atoms with Gasteiger partial charge in [0.1, 0.15) is 5.69 Å². The zero-order valence-corrected chi connectivity index (χ0v) is 13.3. The van der Waals surface area contributed by atoms with Crippen LogP contribution in [0.15, 0.2) is 24.3 Å². The summed E-state index contributed by atoms with van der Waals surface area (Å²) in [5.74, 6) is -1.17. The molecule has 0 bridgehead atoms. The van der Waals surface area contributed by atoms with Crippen LogP contribution in [0.3, 0.4) is 0 Å². The van der Waals surface area contributed by atoms with Crippen molar-refractivity contribution in [3.8, 4) is 5.75 Å². The first-order valence-corrected chi connectivity index (χ1v) is 7.67. The van der Waals surface area contributed by atoms with Gasteiger partial charge in [-0.05, 0) is 37.5 Å². The number of ketones is 1. The van der Waals surface area contributed by atoms with Crippen LogP contribution in [0.2, 0.25) is 0 Å². The number of halogens is 3. The van der Waals surface area contributed by atoms with Crippen molar-refractivity contribution < 1.29 is 27.5 Å². The molecule has 132 valence electrons. The number of benzene rings is 1. The Morgan fingerprint density at radius 1 is 1.24 bits per heavy atom. The summed E-state index contributed by atoms with van der Waals surface area (Å²) in [7, 11) is 0. The van der Waals surface area contributed by atoms with Crippen LogP contribution in [0, 0.1) is 6.92 Å². The van der Waals surface area contributed by atoms with Gasteiger partial charge >= 0.3 is 6.36 Å². The van der Waals surface area contributed by atoms with Gasteiger partial charge in [0.05, 0.1) is 5.69 Å². The van der Waals surface area contributed by atoms with Crippen molar-refractivity contribution >= 4 is 17.4 Å². The second kappa shape index (κ2) is 6.27. The molecule has 1 aromatic carbocycles. The molecule has 8 heteroatoms. The lowest BCUT2D eigenvalue weighted by atomic mass is 9.94. The number of aryl methyl sites for hydroxylation is 1. The normalized spacial score (nSPS) is 14.2. The lowest BCUT2D eigenvalue weighted by Gasteiger charge is -2.13. The predicted octanol–water partition coefficient (Wildman–Crippen LogP) is 3.99. The second-order valence-electron chi connectivity index (χ2n) is 5.75. The smallest absolute Gasteiger partial charge is 0.404 e. The molecule has 3 rings (SSSR count). The van der Waals surface area contributed by atoms with Gasteiger partial charge < -0.3 is 15.0 Å². The molecule has 1 amide bonds. The lowest BCUT2D eigenvalue weighted by Crippen LogP contribution is -2.20. The number of anilines is 1. The number of carbonyl (C=O) groups excluding carboxylic acids is 2. The summed E-state index contributed by atoms with van der Waals surface area (Å²) in [4.78, 5) is 27.4. The Kier molecular flexibility index (Phi) is 4.28. The van der Waals surface area contributed by atoms with Crippen molar-refractivity contribution in [1.29, 1.82) is 0 Å². The number of fused-ring (bicyclic) bond motifs is 1. The Labute approximate surface area is 141 Å². The summed E-state index contributed by atoms with van der Waals surface area (Å²) < 4.78 is 41.3. The van der Waals surface area contributed by atoms with Gasteiger partial charge in [0.15, 0.2) is 11.5 Å². The molecule has 0 saturated carbocycles. The number of hydrogen-bond donors (Lipinski definition) is 2. The number of Topliss-reactive ketones (excluding diaryl/α,β-unsaturated/α-hetero) is 1. The summed E-state index contributed by atoms with van der Waals surface area (Å²) in [5, 5.41) is 2.41. The number of amides is 1. The quantitative estimate of drug-likeness (QED) is 0.877. The third-order valence-electron chi connectivity index (χ3n) is 4.03. The Balaban J connectivity index is 1.88. The van der Waals surface area contributed by atoms with Gasteiger partial charge in [-0.25, -0.2) is 0 Å². The van der Waals surface area contributed by atoms with E-state index in [2.05, 4.69) is 15.0 Å². The van der Waals surface area contributed by atoms with Crippen molar-refractivity contribution in [3.63, 3.8) is 0 Å². The van der Waals surface area contributed by atoms with E-state index >= 15 is 0 Å². The number of H-pyrrole nitrogens is 1. The Hall–Kier alpha value is -2.77. The highest BCUT2D eigenvalue weighted by atomic mass is 19.4. The van der Waals surface area contributed by atoms with E-state index in [-0.39, 0.29) is 17.2 Å². The van der Waals surface area contributed by atoms with E-state index in [1.54, 1.807) is 6.92 Å². The summed E-state index contributed by atoms with van der Waals surface area (Å²) in [6.07, 6.45) is -3.08. The van der Waals surface area contributed by atoms with Crippen LogP contribution in [-0.4, -0.2) is 23.0 Å². The van der Waals surface area contributed by atoms with Crippen LogP contribution < -0.4 is 10.1 Å². The Morgan fingerprint density at radius 3 is 2.64 bits per heavy atom. The molecule has 2 N–H and O–H groups in total. The number of para-hydroxylation sites is 2. The third kappa shape index (κ3) is 3.52. The number of alkyl halides is 3. The van der Waals surface area contributed by atoms with E-state index in [1.165, 1.54) is 18.2 Å². The molecule has 25 heavy (non-hydrogen) atoms. The van der Waals surface area contributed by atoms with Gasteiger partial charge in [-0.15, -0.1) is 13.2 Å². The molecule has 0 spiro atoms. The third-order valence-corrected chi connectivity index (χ3v) is 4.03. The maximum atomic E-state index is 12.5. The van der Waals surface area contributed by atoms with E-state index in [4.69, 9.17) is 0 Å². The fourth-order valence-electron chi connectivity index (χ4n) is 2.97. The van der Waals surface area contributed by atoms with Gasteiger partial charge in [-0.2, -0.15) is 0 Å². The fourth-order valence-corrected chi connectivity index (χ4v) is 2.97. The first-order chi connectivity index (χ1) is 11.8.